The van der Waals surface area contributed by atoms with Crippen LogP contribution in [0.4, 0.5) is 13.2 Å². The summed E-state index contributed by atoms with van der Waals surface area (Å²) < 4.78 is 65.5. The molecule has 0 aromatic heterocycles. The molecule has 0 amide bonds. The second-order valence-electron chi connectivity index (χ2n) is 10.6. The predicted octanol–water partition coefficient (Wildman–Crippen LogP) is 5.82. The van der Waals surface area contributed by atoms with Gasteiger partial charge in [0.15, 0.2) is 16.0 Å². The molecule has 0 aliphatic carbocycles. The number of benzene rings is 3. The van der Waals surface area contributed by atoms with Gasteiger partial charge in [-0.1, -0.05) is 91.0 Å². The van der Waals surface area contributed by atoms with E-state index in [0.717, 1.165) is 24.1 Å². The fraction of sp³-hybridized carbons (Fsp3) is 0.345. The van der Waals surface area contributed by atoms with Gasteiger partial charge in [0.2, 0.25) is 0 Å². The molecule has 0 radical (unpaired) electrons. The van der Waals surface area contributed by atoms with Crippen molar-refractivity contribution in [2.45, 2.75) is 44.5 Å². The summed E-state index contributed by atoms with van der Waals surface area (Å²) in [6.45, 7) is 8.25. The first-order chi connectivity index (χ1) is 18.1. The Morgan fingerprint density at radius 2 is 1.26 bits per heavy atom. The highest BCUT2D eigenvalue weighted by molar-refractivity contribution is 7.86. The predicted molar refractivity (Wildman–Crippen MR) is 140 cm³/mol. The van der Waals surface area contributed by atoms with Crippen LogP contribution >= 0.6 is 0 Å². The molecular weight excluding hydrogens is 531 g/mol. The molecule has 1 fully saturated rings. The summed E-state index contributed by atoms with van der Waals surface area (Å²) in [5, 5.41) is 0. The van der Waals surface area contributed by atoms with Crippen molar-refractivity contribution < 1.29 is 40.2 Å². The quantitative estimate of drug-likeness (QED) is 0.163. The molecular formula is C29H32F3NO5S. The fourth-order valence-electron chi connectivity index (χ4n) is 4.83. The van der Waals surface area contributed by atoms with Gasteiger partial charge in [-0.25, -0.2) is 8.42 Å². The summed E-state index contributed by atoms with van der Waals surface area (Å²) in [6, 6.07) is 32.2. The lowest BCUT2D eigenvalue weighted by molar-refractivity contribution is -1.00. The van der Waals surface area contributed by atoms with Gasteiger partial charge in [0, 0.05) is 16.7 Å². The zero-order valence-electron chi connectivity index (χ0n) is 22.0. The van der Waals surface area contributed by atoms with E-state index in [0.29, 0.717) is 0 Å². The Labute approximate surface area is 227 Å². The molecule has 1 aliphatic heterocycles. The summed E-state index contributed by atoms with van der Waals surface area (Å²) in [7, 11) is -6.09. The Bertz CT molecular complexity index is 1280. The first-order valence-corrected chi connectivity index (χ1v) is 13.8. The van der Waals surface area contributed by atoms with Gasteiger partial charge >= 0.3 is 11.5 Å². The maximum Gasteiger partial charge on any atom is 0.485 e. The van der Waals surface area contributed by atoms with Crippen molar-refractivity contribution in [3.05, 3.63) is 108 Å². The number of quaternary nitrogens is 1. The van der Waals surface area contributed by atoms with Gasteiger partial charge in [-0.05, 0) is 20.8 Å². The van der Waals surface area contributed by atoms with Crippen LogP contribution in [-0.4, -0.2) is 47.6 Å². The van der Waals surface area contributed by atoms with Gasteiger partial charge < -0.3 is 13.8 Å². The molecule has 4 rings (SSSR count). The summed E-state index contributed by atoms with van der Waals surface area (Å²) in [5.41, 5.74) is -2.24. The van der Waals surface area contributed by atoms with Gasteiger partial charge in [0.05, 0.1) is 13.1 Å². The van der Waals surface area contributed by atoms with Crippen LogP contribution < -0.4 is 0 Å². The molecule has 0 saturated carbocycles. The summed E-state index contributed by atoms with van der Waals surface area (Å²) in [6.07, 6.45) is 0. The molecule has 1 aliphatic rings. The Hall–Kier alpha value is -3.21. The molecule has 0 unspecified atom stereocenters. The third kappa shape index (κ3) is 8.14. The number of ether oxygens (including phenoxy) is 1. The fourth-order valence-corrected chi connectivity index (χ4v) is 4.83. The molecule has 1 saturated heterocycles. The molecule has 10 heteroatoms. The van der Waals surface area contributed by atoms with Crippen molar-refractivity contribution >= 4 is 16.1 Å². The number of halogens is 3. The van der Waals surface area contributed by atoms with Gasteiger partial charge in [-0.3, -0.25) is 4.79 Å². The van der Waals surface area contributed by atoms with E-state index in [1.807, 2.05) is 20.8 Å². The second-order valence-corrected chi connectivity index (χ2v) is 12.0. The van der Waals surface area contributed by atoms with Crippen molar-refractivity contribution in [1.29, 1.82) is 0 Å². The van der Waals surface area contributed by atoms with E-state index in [2.05, 4.69) is 91.0 Å². The maximum atomic E-state index is 12.8. The average Bonchev–Trinajstić information content (AvgIpc) is 2.82. The summed E-state index contributed by atoms with van der Waals surface area (Å²) >= 11 is 0. The van der Waals surface area contributed by atoms with E-state index in [4.69, 9.17) is 17.7 Å². The highest BCUT2D eigenvalue weighted by atomic mass is 32.2. The Kier molecular flexibility index (Phi) is 9.25. The summed E-state index contributed by atoms with van der Waals surface area (Å²) in [5.74, 6) is -0.146. The smallest absolute Gasteiger partial charge is 0.485 e. The van der Waals surface area contributed by atoms with Crippen molar-refractivity contribution in [3.63, 3.8) is 0 Å². The van der Waals surface area contributed by atoms with Crippen molar-refractivity contribution in [2.75, 3.05) is 13.1 Å². The number of carbonyl (C=O) groups is 1. The number of nitrogens with zero attached hydrogens (tertiary/aromatic N) is 1. The van der Waals surface area contributed by atoms with Crippen molar-refractivity contribution in [1.82, 2.24) is 0 Å². The highest BCUT2D eigenvalue weighted by Gasteiger charge is 2.54. The Balaban J connectivity index is 0.000000459. The number of likely N-dealkylation sites (tertiary alicyclic amines) is 1. The molecule has 0 spiro atoms. The molecule has 1 heterocycles. The van der Waals surface area contributed by atoms with E-state index in [1.165, 1.54) is 16.7 Å². The van der Waals surface area contributed by atoms with Gasteiger partial charge in [0.1, 0.15) is 18.2 Å². The molecule has 3 aromatic carbocycles. The van der Waals surface area contributed by atoms with Crippen molar-refractivity contribution in [3.8, 4) is 0 Å². The molecule has 39 heavy (non-hydrogen) atoms. The Morgan fingerprint density at radius 1 is 0.872 bits per heavy atom. The van der Waals surface area contributed by atoms with E-state index in [1.54, 1.807) is 0 Å². The lowest BCUT2D eigenvalue weighted by Gasteiger charge is -2.54. The first-order valence-electron chi connectivity index (χ1n) is 12.4. The van der Waals surface area contributed by atoms with Crippen LogP contribution in [0.2, 0.25) is 0 Å². The minimum Gasteiger partial charge on any atom is -0.741 e. The molecule has 3 aromatic rings. The molecule has 0 atom stereocenters. The zero-order chi connectivity index (χ0) is 28.9. The minimum atomic E-state index is -6.09. The number of rotatable bonds is 6. The van der Waals surface area contributed by atoms with Crippen LogP contribution in [0.3, 0.4) is 0 Å². The van der Waals surface area contributed by atoms with Crippen molar-refractivity contribution in [2.24, 2.45) is 5.92 Å². The van der Waals surface area contributed by atoms with E-state index in [9.17, 15) is 18.0 Å². The third-order valence-electron chi connectivity index (χ3n) is 6.31. The van der Waals surface area contributed by atoms with E-state index < -0.39 is 21.2 Å². The monoisotopic (exact) mass is 563 g/mol. The van der Waals surface area contributed by atoms with Crippen LogP contribution in [0.25, 0.3) is 0 Å². The van der Waals surface area contributed by atoms with Gasteiger partial charge in [0.25, 0.3) is 0 Å². The molecule has 6 nitrogen and oxygen atoms in total. The van der Waals surface area contributed by atoms with Crippen LogP contribution in [-0.2, 0) is 26.2 Å². The van der Waals surface area contributed by atoms with E-state index >= 15 is 0 Å². The van der Waals surface area contributed by atoms with Crippen LogP contribution in [0, 0.1) is 5.92 Å². The molecule has 0 bridgehead atoms. The lowest BCUT2D eigenvalue weighted by atomic mass is 9.85. The van der Waals surface area contributed by atoms with Crippen LogP contribution in [0.5, 0.6) is 0 Å². The number of carbonyl (C=O) groups excluding carboxylic acids is 1. The SMILES string of the molecule is CC(C)(C)OC(=O)C1C[N+](Cc2ccccc2)(C(c2ccccc2)c2ccccc2)C1.O=S(=O)([O-])C(F)(F)F. The highest BCUT2D eigenvalue weighted by Crippen LogP contribution is 2.44. The number of hydrogen-bond acceptors (Lipinski definition) is 5. The van der Waals surface area contributed by atoms with E-state index in [-0.39, 0.29) is 17.9 Å². The average molecular weight is 564 g/mol. The van der Waals surface area contributed by atoms with Gasteiger partial charge in [-0.2, -0.15) is 13.2 Å². The number of hydrogen-bond donors (Lipinski definition) is 0. The standard InChI is InChI=1S/C28H32NO2.CHF3O3S/c1-28(2,3)31-27(30)25-20-29(21-25,19-22-13-7-4-8-14-22)26(23-15-9-5-10-16-23)24-17-11-6-12-18-24;2-1(3,4)8(5,6)7/h4-18,25-26H,19-21H2,1-3H3;(H,5,6,7)/q+1;/p-1. The molecule has 210 valence electrons. The first kappa shape index (κ1) is 30.3. The second kappa shape index (κ2) is 11.9. The lowest BCUT2D eigenvalue weighted by Crippen LogP contribution is -2.66. The normalized spacial score (nSPS) is 19.4. The Morgan fingerprint density at radius 3 is 1.62 bits per heavy atom. The largest absolute Gasteiger partial charge is 0.741 e. The third-order valence-corrected chi connectivity index (χ3v) is 6.88. The molecule has 0 N–H and O–H groups in total. The number of alkyl halides is 3. The summed E-state index contributed by atoms with van der Waals surface area (Å²) in [4.78, 5) is 12.8. The maximum absolute atomic E-state index is 12.8. The zero-order valence-corrected chi connectivity index (χ0v) is 22.8. The van der Waals surface area contributed by atoms with Crippen LogP contribution in [0.1, 0.15) is 43.5 Å². The minimum absolute atomic E-state index is 0.0714. The topological polar surface area (TPSA) is 83.5 Å². The number of esters is 1. The van der Waals surface area contributed by atoms with Crippen LogP contribution in [0.15, 0.2) is 91.0 Å². The van der Waals surface area contributed by atoms with Gasteiger partial charge in [-0.15, -0.1) is 0 Å².